The Morgan fingerprint density at radius 3 is 2.40 bits per heavy atom. The number of phenolic OH excluding ortho intramolecular Hbond substituents is 1. The van der Waals surface area contributed by atoms with Gasteiger partial charge in [-0.05, 0) is 35.7 Å². The van der Waals surface area contributed by atoms with Crippen molar-refractivity contribution in [3.63, 3.8) is 0 Å². The van der Waals surface area contributed by atoms with Crippen molar-refractivity contribution in [1.29, 1.82) is 0 Å². The molecule has 0 saturated heterocycles. The first-order valence-electron chi connectivity index (χ1n) is 8.02. The molecule has 0 aliphatic carbocycles. The van der Waals surface area contributed by atoms with Crippen molar-refractivity contribution in [3.8, 4) is 39.6 Å². The first kappa shape index (κ1) is 16.8. The van der Waals surface area contributed by atoms with E-state index in [-0.39, 0.29) is 5.75 Å². The van der Waals surface area contributed by atoms with Crippen molar-refractivity contribution in [2.75, 3.05) is 14.2 Å². The van der Waals surface area contributed by atoms with Crippen molar-refractivity contribution in [3.05, 3.63) is 54.5 Å². The highest BCUT2D eigenvalue weighted by Gasteiger charge is 2.16. The number of aryl methyl sites for hydroxylation is 1. The summed E-state index contributed by atoms with van der Waals surface area (Å²) in [6.07, 6.45) is 4.02. The zero-order chi connectivity index (χ0) is 17.8. The van der Waals surface area contributed by atoms with Crippen molar-refractivity contribution in [1.82, 2.24) is 9.97 Å². The molecular weight excluding hydrogens is 316 g/mol. The topological polar surface area (TPSA) is 64.5 Å². The Hall–Kier alpha value is -3.08. The average molecular weight is 336 g/mol. The molecule has 25 heavy (non-hydrogen) atoms. The summed E-state index contributed by atoms with van der Waals surface area (Å²) in [6, 6.07) is 11.2. The van der Waals surface area contributed by atoms with E-state index >= 15 is 0 Å². The molecule has 0 bridgehead atoms. The predicted octanol–water partition coefficient (Wildman–Crippen LogP) is 4.10. The Bertz CT molecular complexity index is 877. The van der Waals surface area contributed by atoms with Gasteiger partial charge in [-0.25, -0.2) is 9.97 Å². The van der Waals surface area contributed by atoms with Crippen LogP contribution in [0.3, 0.4) is 0 Å². The molecule has 1 N–H and O–H groups in total. The molecule has 2 aromatic carbocycles. The lowest BCUT2D eigenvalue weighted by Gasteiger charge is -2.14. The zero-order valence-electron chi connectivity index (χ0n) is 14.5. The van der Waals surface area contributed by atoms with Gasteiger partial charge in [0.2, 0.25) is 0 Å². The molecule has 5 heteroatoms. The minimum absolute atomic E-state index is 0.127. The van der Waals surface area contributed by atoms with Gasteiger partial charge in [-0.1, -0.05) is 19.1 Å². The van der Waals surface area contributed by atoms with Gasteiger partial charge < -0.3 is 14.6 Å². The molecule has 128 valence electrons. The molecule has 1 aromatic heterocycles. The van der Waals surface area contributed by atoms with E-state index in [1.54, 1.807) is 26.5 Å². The van der Waals surface area contributed by atoms with E-state index in [2.05, 4.69) is 9.97 Å². The second kappa shape index (κ2) is 7.21. The minimum Gasteiger partial charge on any atom is -0.507 e. The van der Waals surface area contributed by atoms with E-state index in [4.69, 9.17) is 9.47 Å². The van der Waals surface area contributed by atoms with Gasteiger partial charge in [0.05, 0.1) is 19.9 Å². The van der Waals surface area contributed by atoms with Gasteiger partial charge in [0.15, 0.2) is 0 Å². The maximum atomic E-state index is 10.5. The van der Waals surface area contributed by atoms with Crippen LogP contribution in [0.25, 0.3) is 22.4 Å². The quantitative estimate of drug-likeness (QED) is 0.760. The largest absolute Gasteiger partial charge is 0.507 e. The Morgan fingerprint density at radius 1 is 1.00 bits per heavy atom. The van der Waals surface area contributed by atoms with Crippen LogP contribution in [0.4, 0.5) is 0 Å². The number of hydrogen-bond acceptors (Lipinski definition) is 5. The molecule has 3 rings (SSSR count). The molecule has 0 saturated carbocycles. The standard InChI is InChI=1S/C20H20N2O3/c1-4-13-9-16(18(23)10-19(13)25-3)20-17(11-21-12-22-20)14-5-7-15(24-2)8-6-14/h5-12,23H,4H2,1-3H3. The van der Waals surface area contributed by atoms with Gasteiger partial charge in [0.1, 0.15) is 23.6 Å². The van der Waals surface area contributed by atoms with Crippen LogP contribution in [0.15, 0.2) is 48.9 Å². The van der Waals surface area contributed by atoms with Crippen molar-refractivity contribution >= 4 is 0 Å². The number of phenols is 1. The fourth-order valence-electron chi connectivity index (χ4n) is 2.80. The Balaban J connectivity index is 2.15. The number of nitrogens with zero attached hydrogens (tertiary/aromatic N) is 2. The van der Waals surface area contributed by atoms with Gasteiger partial charge in [0, 0.05) is 23.4 Å². The zero-order valence-corrected chi connectivity index (χ0v) is 14.5. The number of aromatic nitrogens is 2. The highest BCUT2D eigenvalue weighted by molar-refractivity contribution is 5.83. The molecule has 0 aliphatic rings. The van der Waals surface area contributed by atoms with E-state index in [1.165, 1.54) is 6.33 Å². The molecule has 5 nitrogen and oxygen atoms in total. The molecule has 0 spiro atoms. The normalized spacial score (nSPS) is 10.5. The summed E-state index contributed by atoms with van der Waals surface area (Å²) in [7, 11) is 3.23. The summed E-state index contributed by atoms with van der Waals surface area (Å²) >= 11 is 0. The number of ether oxygens (including phenoxy) is 2. The van der Waals surface area contributed by atoms with Crippen LogP contribution in [0.2, 0.25) is 0 Å². The molecule has 0 fully saturated rings. The molecule has 1 heterocycles. The Kier molecular flexibility index (Phi) is 4.84. The van der Waals surface area contributed by atoms with Crippen LogP contribution >= 0.6 is 0 Å². The number of rotatable bonds is 5. The summed E-state index contributed by atoms with van der Waals surface area (Å²) in [5.41, 5.74) is 4.13. The fraction of sp³-hybridized carbons (Fsp3) is 0.200. The number of hydrogen-bond donors (Lipinski definition) is 1. The first-order chi connectivity index (χ1) is 12.2. The SMILES string of the molecule is CCc1cc(-c2ncncc2-c2ccc(OC)cc2)c(O)cc1OC. The van der Waals surface area contributed by atoms with E-state index < -0.39 is 0 Å². The Labute approximate surface area is 146 Å². The molecule has 0 atom stereocenters. The van der Waals surface area contributed by atoms with Crippen molar-refractivity contribution in [2.24, 2.45) is 0 Å². The van der Waals surface area contributed by atoms with Crippen molar-refractivity contribution in [2.45, 2.75) is 13.3 Å². The average Bonchev–Trinajstić information content (AvgIpc) is 2.68. The third kappa shape index (κ3) is 3.26. The second-order valence-electron chi connectivity index (χ2n) is 5.55. The maximum Gasteiger partial charge on any atom is 0.128 e. The van der Waals surface area contributed by atoms with Crippen LogP contribution in [-0.2, 0) is 6.42 Å². The third-order valence-corrected chi connectivity index (χ3v) is 4.15. The summed E-state index contributed by atoms with van der Waals surface area (Å²) in [5, 5.41) is 10.5. The summed E-state index contributed by atoms with van der Waals surface area (Å²) in [4.78, 5) is 8.56. The predicted molar refractivity (Wildman–Crippen MR) is 97.1 cm³/mol. The van der Waals surface area contributed by atoms with Gasteiger partial charge in [0.25, 0.3) is 0 Å². The molecule has 0 amide bonds. The van der Waals surface area contributed by atoms with Crippen LogP contribution < -0.4 is 9.47 Å². The molecule has 0 radical (unpaired) electrons. The van der Waals surface area contributed by atoms with E-state index in [9.17, 15) is 5.11 Å². The van der Waals surface area contributed by atoms with Crippen molar-refractivity contribution < 1.29 is 14.6 Å². The Morgan fingerprint density at radius 2 is 1.76 bits per heavy atom. The van der Waals surface area contributed by atoms with Crippen LogP contribution in [-0.4, -0.2) is 29.3 Å². The smallest absolute Gasteiger partial charge is 0.128 e. The summed E-state index contributed by atoms with van der Waals surface area (Å²) in [5.74, 6) is 1.58. The second-order valence-corrected chi connectivity index (χ2v) is 5.55. The van der Waals surface area contributed by atoms with Gasteiger partial charge in [-0.3, -0.25) is 0 Å². The van der Waals surface area contributed by atoms with Crippen LogP contribution in [0.1, 0.15) is 12.5 Å². The number of aromatic hydroxyl groups is 1. The number of methoxy groups -OCH3 is 2. The number of benzene rings is 2. The monoisotopic (exact) mass is 336 g/mol. The van der Waals surface area contributed by atoms with E-state index in [1.807, 2.05) is 37.3 Å². The summed E-state index contributed by atoms with van der Waals surface area (Å²) < 4.78 is 10.6. The fourth-order valence-corrected chi connectivity index (χ4v) is 2.80. The lowest BCUT2D eigenvalue weighted by atomic mass is 9.97. The highest BCUT2D eigenvalue weighted by Crippen LogP contribution is 2.39. The van der Waals surface area contributed by atoms with Gasteiger partial charge in [-0.2, -0.15) is 0 Å². The van der Waals surface area contributed by atoms with Gasteiger partial charge in [-0.15, -0.1) is 0 Å². The van der Waals surface area contributed by atoms with E-state index in [0.29, 0.717) is 17.0 Å². The highest BCUT2D eigenvalue weighted by atomic mass is 16.5. The van der Waals surface area contributed by atoms with Crippen LogP contribution in [0, 0.1) is 0 Å². The third-order valence-electron chi connectivity index (χ3n) is 4.15. The molecule has 0 aliphatic heterocycles. The van der Waals surface area contributed by atoms with E-state index in [0.717, 1.165) is 28.9 Å². The lowest BCUT2D eigenvalue weighted by Crippen LogP contribution is -1.95. The first-order valence-corrected chi connectivity index (χ1v) is 8.02. The van der Waals surface area contributed by atoms with Crippen LogP contribution in [0.5, 0.6) is 17.2 Å². The molecule has 0 unspecified atom stereocenters. The summed E-state index contributed by atoms with van der Waals surface area (Å²) in [6.45, 7) is 2.04. The van der Waals surface area contributed by atoms with Gasteiger partial charge >= 0.3 is 0 Å². The maximum absolute atomic E-state index is 10.5. The molecule has 3 aromatic rings. The minimum atomic E-state index is 0.127. The lowest BCUT2D eigenvalue weighted by molar-refractivity contribution is 0.403. The molecular formula is C20H20N2O3.